The highest BCUT2D eigenvalue weighted by Gasteiger charge is 2.40. The first-order chi connectivity index (χ1) is 15.8. The van der Waals surface area contributed by atoms with Gasteiger partial charge in [0, 0.05) is 61.9 Å². The number of aromatic nitrogens is 2. The lowest BCUT2D eigenvalue weighted by Gasteiger charge is -2.45. The first-order valence-corrected chi connectivity index (χ1v) is 11.6. The minimum absolute atomic E-state index is 0.257. The van der Waals surface area contributed by atoms with Crippen LogP contribution in [0, 0.1) is 0 Å². The van der Waals surface area contributed by atoms with E-state index < -0.39 is 11.2 Å². The summed E-state index contributed by atoms with van der Waals surface area (Å²) >= 11 is 6.27. The molecule has 2 aromatic rings. The maximum Gasteiger partial charge on any atom is 0.328 e. The van der Waals surface area contributed by atoms with E-state index >= 15 is 0 Å². The van der Waals surface area contributed by atoms with Gasteiger partial charge in [0.1, 0.15) is 0 Å². The number of ether oxygens (including phenoxy) is 1. The molecule has 0 unspecified atom stereocenters. The van der Waals surface area contributed by atoms with Crippen LogP contribution < -0.4 is 22.8 Å². The van der Waals surface area contributed by atoms with Gasteiger partial charge in [-0.3, -0.25) is 14.7 Å². The smallest absolute Gasteiger partial charge is 0.328 e. The number of hydrogen-bond donors (Lipinski definition) is 3. The molecule has 0 radical (unpaired) electrons. The number of rotatable bonds is 7. The predicted molar refractivity (Wildman–Crippen MR) is 128 cm³/mol. The molecule has 0 aliphatic carbocycles. The third-order valence-electron chi connectivity index (χ3n) is 6.43. The molecular weight excluding hydrogens is 444 g/mol. The van der Waals surface area contributed by atoms with Crippen LogP contribution in [-0.2, 0) is 23.3 Å². The number of aryl methyl sites for hydroxylation is 1. The molecule has 5 N–H and O–H groups in total. The van der Waals surface area contributed by atoms with Gasteiger partial charge in [-0.05, 0) is 48.9 Å². The maximum absolute atomic E-state index is 11.7. The van der Waals surface area contributed by atoms with E-state index in [1.807, 2.05) is 6.07 Å². The van der Waals surface area contributed by atoms with Gasteiger partial charge < -0.3 is 20.0 Å². The Balaban J connectivity index is 1.27. The Morgan fingerprint density at radius 2 is 2.06 bits per heavy atom. The second-order valence-electron chi connectivity index (χ2n) is 8.77. The van der Waals surface area contributed by atoms with Crippen LogP contribution in [0.3, 0.4) is 0 Å². The number of nitrogens with zero attached hydrogens (tertiary/aromatic N) is 3. The first kappa shape index (κ1) is 23.6. The van der Waals surface area contributed by atoms with Crippen LogP contribution in [0.25, 0.3) is 0 Å². The molecule has 1 aromatic heterocycles. The zero-order valence-electron chi connectivity index (χ0n) is 18.6. The average molecular weight is 475 g/mol. The summed E-state index contributed by atoms with van der Waals surface area (Å²) in [5, 5.41) is 2.29. The van der Waals surface area contributed by atoms with Crippen LogP contribution in [-0.4, -0.2) is 52.2 Å². The van der Waals surface area contributed by atoms with Crippen molar-refractivity contribution >= 4 is 11.6 Å². The van der Waals surface area contributed by atoms with Gasteiger partial charge in [-0.15, -0.1) is 0 Å². The summed E-state index contributed by atoms with van der Waals surface area (Å²) in [5.74, 6) is 6.07. The molecule has 0 saturated carbocycles. The number of hydrogen-bond acceptors (Lipinski definition) is 7. The zero-order chi connectivity index (χ0) is 23.4. The molecule has 1 spiro atoms. The lowest BCUT2D eigenvalue weighted by Crippen LogP contribution is -2.47. The average Bonchev–Trinajstić information content (AvgIpc) is 2.77. The Hall–Kier alpha value is -2.59. The molecule has 0 atom stereocenters. The summed E-state index contributed by atoms with van der Waals surface area (Å²) < 4.78 is 7.75. The largest absolute Gasteiger partial charge is 0.400 e. The van der Waals surface area contributed by atoms with Crippen LogP contribution in [0.2, 0.25) is 5.02 Å². The van der Waals surface area contributed by atoms with E-state index in [0.29, 0.717) is 31.8 Å². The van der Waals surface area contributed by atoms with Crippen molar-refractivity contribution in [3.63, 3.8) is 0 Å². The van der Waals surface area contributed by atoms with Gasteiger partial charge in [0.2, 0.25) is 0 Å². The summed E-state index contributed by atoms with van der Waals surface area (Å²) in [4.78, 5) is 27.4. The van der Waals surface area contributed by atoms with Crippen molar-refractivity contribution in [2.45, 2.75) is 37.8 Å². The van der Waals surface area contributed by atoms with Crippen molar-refractivity contribution in [3.8, 4) is 0 Å². The molecular formula is C23H31ClN6O3. The zero-order valence-corrected chi connectivity index (χ0v) is 19.4. The molecule has 1 aromatic carbocycles. The molecule has 0 bridgehead atoms. The van der Waals surface area contributed by atoms with E-state index in [1.165, 1.54) is 28.0 Å². The third kappa shape index (κ3) is 5.67. The number of likely N-dealkylation sites (tertiary alicyclic amines) is 1. The van der Waals surface area contributed by atoms with Crippen LogP contribution in [0.1, 0.15) is 30.4 Å². The minimum Gasteiger partial charge on any atom is -0.400 e. The Morgan fingerprint density at radius 3 is 2.82 bits per heavy atom. The third-order valence-corrected chi connectivity index (χ3v) is 6.66. The van der Waals surface area contributed by atoms with Crippen LogP contribution >= 0.6 is 11.6 Å². The van der Waals surface area contributed by atoms with Gasteiger partial charge in [0.15, 0.2) is 0 Å². The lowest BCUT2D eigenvalue weighted by molar-refractivity contribution is -0.0969. The van der Waals surface area contributed by atoms with Crippen molar-refractivity contribution in [1.82, 2.24) is 19.5 Å². The van der Waals surface area contributed by atoms with Crippen LogP contribution in [0.15, 0.2) is 51.9 Å². The Morgan fingerprint density at radius 1 is 1.27 bits per heavy atom. The molecule has 1 fully saturated rings. The number of aromatic amines is 1. The van der Waals surface area contributed by atoms with E-state index in [4.69, 9.17) is 27.9 Å². The predicted octanol–water partition coefficient (Wildman–Crippen LogP) is 1.12. The highest BCUT2D eigenvalue weighted by molar-refractivity contribution is 6.30. The van der Waals surface area contributed by atoms with Crippen molar-refractivity contribution < 1.29 is 4.74 Å². The summed E-state index contributed by atoms with van der Waals surface area (Å²) in [7, 11) is 0. The number of benzene rings is 1. The highest BCUT2D eigenvalue weighted by Crippen LogP contribution is 2.42. The second kappa shape index (κ2) is 10.1. The Bertz CT molecular complexity index is 1120. The van der Waals surface area contributed by atoms with E-state index in [0.717, 1.165) is 44.0 Å². The number of H-pyrrole nitrogens is 1. The normalized spacial score (nSPS) is 18.3. The molecule has 178 valence electrons. The van der Waals surface area contributed by atoms with Gasteiger partial charge in [-0.1, -0.05) is 17.7 Å². The van der Waals surface area contributed by atoms with E-state index in [1.54, 1.807) is 11.2 Å². The lowest BCUT2D eigenvalue weighted by atomic mass is 9.79. The molecule has 2 aliphatic rings. The van der Waals surface area contributed by atoms with Gasteiger partial charge >= 0.3 is 5.69 Å². The molecule has 2 aliphatic heterocycles. The van der Waals surface area contributed by atoms with Crippen LogP contribution in [0.4, 0.5) is 0 Å². The molecule has 33 heavy (non-hydrogen) atoms. The number of piperidine rings is 1. The van der Waals surface area contributed by atoms with Gasteiger partial charge in [-0.25, -0.2) is 10.6 Å². The van der Waals surface area contributed by atoms with Gasteiger partial charge in [0.25, 0.3) is 5.56 Å². The summed E-state index contributed by atoms with van der Waals surface area (Å²) in [6.45, 7) is 4.10. The monoisotopic (exact) mass is 474 g/mol. The second-order valence-corrected chi connectivity index (χ2v) is 9.21. The SMILES string of the molecule is N/C(=C\N(N)CCCn1ccc(=O)[nH]c1=O)CN1CCC2(CC1)OCCc1ccc(Cl)cc12. The highest BCUT2D eigenvalue weighted by atomic mass is 35.5. The number of halogens is 1. The van der Waals surface area contributed by atoms with Crippen molar-refractivity contribution in [3.05, 3.63) is 79.3 Å². The topological polar surface area (TPSA) is 123 Å². The fourth-order valence-corrected chi connectivity index (χ4v) is 4.90. The maximum atomic E-state index is 11.7. The number of hydrazine groups is 1. The molecule has 10 heteroatoms. The number of fused-ring (bicyclic) bond motifs is 2. The molecule has 3 heterocycles. The fraction of sp³-hybridized carbons (Fsp3) is 0.478. The molecule has 0 amide bonds. The van der Waals surface area contributed by atoms with E-state index in [2.05, 4.69) is 22.0 Å². The van der Waals surface area contributed by atoms with Crippen molar-refractivity contribution in [2.24, 2.45) is 11.6 Å². The van der Waals surface area contributed by atoms with Crippen molar-refractivity contribution in [1.29, 1.82) is 0 Å². The van der Waals surface area contributed by atoms with E-state index in [9.17, 15) is 9.59 Å². The quantitative estimate of drug-likeness (QED) is 0.406. The number of nitrogens with two attached hydrogens (primary N) is 2. The summed E-state index contributed by atoms with van der Waals surface area (Å²) in [6, 6.07) is 7.47. The Labute approximate surface area is 197 Å². The van der Waals surface area contributed by atoms with Crippen LogP contribution in [0.5, 0.6) is 0 Å². The Kier molecular flexibility index (Phi) is 7.23. The first-order valence-electron chi connectivity index (χ1n) is 11.3. The minimum atomic E-state index is -0.421. The van der Waals surface area contributed by atoms with Gasteiger partial charge in [0.05, 0.1) is 12.2 Å². The molecule has 4 rings (SSSR count). The fourth-order valence-electron chi connectivity index (χ4n) is 4.73. The van der Waals surface area contributed by atoms with Gasteiger partial charge in [-0.2, -0.15) is 0 Å². The molecule has 1 saturated heterocycles. The molecule has 9 nitrogen and oxygen atoms in total. The number of nitrogens with one attached hydrogen (secondary N) is 1. The summed E-state index contributed by atoms with van der Waals surface area (Å²) in [6.07, 6.45) is 6.58. The van der Waals surface area contributed by atoms with E-state index in [-0.39, 0.29) is 5.60 Å². The van der Waals surface area contributed by atoms with Crippen molar-refractivity contribution in [2.75, 3.05) is 32.8 Å². The standard InChI is InChI=1S/C23H31ClN6O3/c24-18-3-2-17-5-13-33-23(20(17)14-18)6-11-28(12-7-23)15-19(25)16-30(26)9-1-8-29-10-4-21(31)27-22(29)32/h2-4,10,14,16H,1,5-9,11-13,15,25-26H2,(H,27,31,32)/b19-16-. The summed E-state index contributed by atoms with van der Waals surface area (Å²) in [5.41, 5.74) is 8.42.